The lowest BCUT2D eigenvalue weighted by molar-refractivity contribution is -0.144. The third-order valence-corrected chi connectivity index (χ3v) is 10.4. The summed E-state index contributed by atoms with van der Waals surface area (Å²) in [5, 5.41) is 20.9. The number of hydrogen-bond acceptors (Lipinski definition) is 4. The number of rotatable bonds is 16. The van der Waals surface area contributed by atoms with Crippen LogP contribution in [0.25, 0.3) is 10.8 Å². The molecule has 4 rings (SSSR count). The molecule has 0 radical (unpaired) electrons. The van der Waals surface area contributed by atoms with Gasteiger partial charge in [-0.2, -0.15) is 0 Å². The first-order valence-electron chi connectivity index (χ1n) is 17.1. The summed E-state index contributed by atoms with van der Waals surface area (Å²) in [7, 11) is 0. The van der Waals surface area contributed by atoms with E-state index in [0.29, 0.717) is 29.7 Å². The van der Waals surface area contributed by atoms with Gasteiger partial charge in [-0.25, -0.2) is 4.79 Å². The normalized spacial score (nSPS) is 22.4. The number of hydrogen-bond donors (Lipinski definition) is 2. The molecule has 0 amide bonds. The quantitative estimate of drug-likeness (QED) is 0.0844. The van der Waals surface area contributed by atoms with Gasteiger partial charge in [0, 0.05) is 5.57 Å². The number of aryl methyl sites for hydroxylation is 1. The third-order valence-electron chi connectivity index (χ3n) is 10.4. The molecule has 0 spiro atoms. The van der Waals surface area contributed by atoms with Crippen molar-refractivity contribution >= 4 is 28.7 Å². The maximum atomic E-state index is 12.3. The summed E-state index contributed by atoms with van der Waals surface area (Å²) in [5.41, 5.74) is 3.46. The second kappa shape index (κ2) is 16.8. The van der Waals surface area contributed by atoms with Crippen LogP contribution in [0, 0.1) is 23.7 Å². The summed E-state index contributed by atoms with van der Waals surface area (Å²) in [6.45, 7) is 9.89. The average molecular weight is 617 g/mol. The highest BCUT2D eigenvalue weighted by molar-refractivity contribution is 5.92. The van der Waals surface area contributed by atoms with E-state index < -0.39 is 24.3 Å². The predicted octanol–water partition coefficient (Wildman–Crippen LogP) is 9.26. The molecule has 2 fully saturated rings. The lowest BCUT2D eigenvalue weighted by atomic mass is 9.66. The zero-order chi connectivity index (χ0) is 32.3. The molecule has 45 heavy (non-hydrogen) atoms. The van der Waals surface area contributed by atoms with Crippen molar-refractivity contribution in [2.24, 2.45) is 23.7 Å². The highest BCUT2D eigenvalue weighted by Crippen LogP contribution is 2.46. The van der Waals surface area contributed by atoms with E-state index in [9.17, 15) is 19.5 Å². The number of carboxylic acids is 2. The third kappa shape index (κ3) is 10.3. The summed E-state index contributed by atoms with van der Waals surface area (Å²) in [6, 6.07) is 14.1. The second-order valence-electron chi connectivity index (χ2n) is 13.7. The van der Waals surface area contributed by atoms with E-state index in [0.717, 1.165) is 38.0 Å². The van der Waals surface area contributed by atoms with Crippen LogP contribution in [-0.4, -0.2) is 34.7 Å². The van der Waals surface area contributed by atoms with E-state index in [4.69, 9.17) is 9.84 Å². The van der Waals surface area contributed by atoms with E-state index in [2.05, 4.69) is 56.5 Å². The number of ether oxygens (including phenoxy) is 1. The van der Waals surface area contributed by atoms with Crippen molar-refractivity contribution in [3.05, 3.63) is 71.8 Å². The summed E-state index contributed by atoms with van der Waals surface area (Å²) < 4.78 is 5.48. The molecule has 0 saturated heterocycles. The predicted molar refractivity (Wildman–Crippen MR) is 179 cm³/mol. The molecule has 2 aliphatic carbocycles. The molecule has 0 heterocycles. The Morgan fingerprint density at radius 3 is 2.09 bits per heavy atom. The van der Waals surface area contributed by atoms with Gasteiger partial charge in [-0.15, -0.1) is 0 Å². The molecule has 2 saturated carbocycles. The molecule has 2 aromatic rings. The second-order valence-corrected chi connectivity index (χ2v) is 13.7. The first kappa shape index (κ1) is 34.5. The fourth-order valence-electron chi connectivity index (χ4n) is 7.87. The van der Waals surface area contributed by atoms with Crippen LogP contribution in [0.3, 0.4) is 0 Å². The Morgan fingerprint density at radius 1 is 0.822 bits per heavy atom. The van der Waals surface area contributed by atoms with Crippen molar-refractivity contribution in [1.29, 1.82) is 0 Å². The number of aliphatic carboxylic acids is 2. The van der Waals surface area contributed by atoms with Crippen molar-refractivity contribution in [2.75, 3.05) is 6.61 Å². The molecule has 244 valence electrons. The van der Waals surface area contributed by atoms with Crippen molar-refractivity contribution in [1.82, 2.24) is 0 Å². The Hall–Kier alpha value is -3.41. The van der Waals surface area contributed by atoms with Gasteiger partial charge in [-0.05, 0) is 122 Å². The number of carbonyl (C=O) groups excluding carboxylic acids is 1. The maximum Gasteiger partial charge on any atom is 0.333 e. The largest absolute Gasteiger partial charge is 0.481 e. The molecular formula is C39H52O6. The lowest BCUT2D eigenvalue weighted by Gasteiger charge is -2.40. The number of benzene rings is 2. The van der Waals surface area contributed by atoms with Gasteiger partial charge >= 0.3 is 17.9 Å². The molecule has 2 aliphatic rings. The summed E-state index contributed by atoms with van der Waals surface area (Å²) in [6.07, 6.45) is 14.2. The molecule has 6 nitrogen and oxygen atoms in total. The summed E-state index contributed by atoms with van der Waals surface area (Å²) in [4.78, 5) is 34.5. The SMILES string of the molecule is C=C(CC(=O)O)CC(COC(=O)C(=C)CC(=O)O)C1CCC(C2CCC(c3ccc4cc(CCCCC)ccc4c3)CC2)CC1. The fraction of sp³-hybridized carbons (Fsp3) is 0.564. The van der Waals surface area contributed by atoms with Gasteiger partial charge in [0.15, 0.2) is 0 Å². The molecule has 2 N–H and O–H groups in total. The highest BCUT2D eigenvalue weighted by Gasteiger charge is 2.34. The molecule has 0 aromatic heterocycles. The van der Waals surface area contributed by atoms with Gasteiger partial charge in [0.2, 0.25) is 0 Å². The van der Waals surface area contributed by atoms with Crippen LogP contribution in [0.4, 0.5) is 0 Å². The van der Waals surface area contributed by atoms with E-state index >= 15 is 0 Å². The lowest BCUT2D eigenvalue weighted by Crippen LogP contribution is -2.30. The minimum absolute atomic E-state index is 0.0320. The molecule has 2 aromatic carbocycles. The van der Waals surface area contributed by atoms with Gasteiger partial charge in [0.1, 0.15) is 0 Å². The first-order chi connectivity index (χ1) is 21.6. The molecular weight excluding hydrogens is 564 g/mol. The molecule has 6 heteroatoms. The van der Waals surface area contributed by atoms with Crippen LogP contribution in [0.5, 0.6) is 0 Å². The number of carbonyl (C=O) groups is 3. The van der Waals surface area contributed by atoms with Crippen LogP contribution in [0.1, 0.15) is 114 Å². The Balaban J connectivity index is 1.28. The highest BCUT2D eigenvalue weighted by atomic mass is 16.5. The average Bonchev–Trinajstić information content (AvgIpc) is 3.02. The van der Waals surface area contributed by atoms with Crippen molar-refractivity contribution in [3.8, 4) is 0 Å². The fourth-order valence-corrected chi connectivity index (χ4v) is 7.87. The Morgan fingerprint density at radius 2 is 1.44 bits per heavy atom. The van der Waals surface area contributed by atoms with Gasteiger partial charge in [0.25, 0.3) is 0 Å². The maximum absolute atomic E-state index is 12.3. The first-order valence-corrected chi connectivity index (χ1v) is 17.1. The summed E-state index contributed by atoms with van der Waals surface area (Å²) in [5.74, 6) is -0.391. The van der Waals surface area contributed by atoms with Gasteiger partial charge in [-0.3, -0.25) is 9.59 Å². The number of unbranched alkanes of at least 4 members (excludes halogenated alkanes) is 2. The molecule has 1 atom stereocenters. The van der Waals surface area contributed by atoms with E-state index in [1.807, 2.05) is 0 Å². The Kier molecular flexibility index (Phi) is 12.8. The minimum Gasteiger partial charge on any atom is -0.481 e. The standard InChI is InChI=1S/C39H52O6/c1-4-5-6-7-28-8-9-35-24-34(19-18-33(35)23-28)31-14-10-29(11-15-31)30-12-16-32(17-13-30)36(20-26(2)21-37(40)41)25-45-39(44)27(3)22-38(42)43/h8-9,18-19,23-24,29-32,36H,2-7,10-17,20-22,25H2,1H3,(H,40,41)(H,42,43). The smallest absolute Gasteiger partial charge is 0.333 e. The topological polar surface area (TPSA) is 101 Å². The molecule has 1 unspecified atom stereocenters. The molecule has 0 aliphatic heterocycles. The minimum atomic E-state index is -1.13. The van der Waals surface area contributed by atoms with E-state index in [1.54, 1.807) is 0 Å². The zero-order valence-electron chi connectivity index (χ0n) is 27.1. The van der Waals surface area contributed by atoms with Crippen LogP contribution in [-0.2, 0) is 25.5 Å². The Bertz CT molecular complexity index is 1340. The number of carboxylic acid groups (broad SMARTS) is 2. The van der Waals surface area contributed by atoms with Crippen molar-refractivity contribution < 1.29 is 29.3 Å². The van der Waals surface area contributed by atoms with Gasteiger partial charge < -0.3 is 14.9 Å². The summed E-state index contributed by atoms with van der Waals surface area (Å²) >= 11 is 0. The van der Waals surface area contributed by atoms with Gasteiger partial charge in [0.05, 0.1) is 19.4 Å². The van der Waals surface area contributed by atoms with E-state index in [-0.39, 0.29) is 24.5 Å². The van der Waals surface area contributed by atoms with Crippen LogP contribution in [0.2, 0.25) is 0 Å². The molecule has 0 bridgehead atoms. The number of esters is 1. The van der Waals surface area contributed by atoms with E-state index in [1.165, 1.54) is 66.8 Å². The van der Waals surface area contributed by atoms with Crippen LogP contribution < -0.4 is 0 Å². The van der Waals surface area contributed by atoms with Gasteiger partial charge in [-0.1, -0.05) is 74.9 Å². The van der Waals surface area contributed by atoms with Crippen molar-refractivity contribution in [3.63, 3.8) is 0 Å². The Labute approximate surface area is 268 Å². The van der Waals surface area contributed by atoms with Crippen molar-refractivity contribution in [2.45, 2.75) is 109 Å². The zero-order valence-corrected chi connectivity index (χ0v) is 27.1. The van der Waals surface area contributed by atoms with Crippen LogP contribution >= 0.6 is 0 Å². The van der Waals surface area contributed by atoms with Crippen LogP contribution in [0.15, 0.2) is 60.7 Å². The number of fused-ring (bicyclic) bond motifs is 1. The monoisotopic (exact) mass is 616 g/mol.